The molecule has 8 aliphatic rings. The summed E-state index contributed by atoms with van der Waals surface area (Å²) >= 11 is 0. The molecule has 4 aromatic carbocycles. The first-order chi connectivity index (χ1) is 59.5. The minimum Gasteiger partial charge on any atom is -0.394 e. The van der Waals surface area contributed by atoms with Crippen molar-refractivity contribution >= 4 is 31.2 Å². The van der Waals surface area contributed by atoms with Gasteiger partial charge < -0.3 is 99.8 Å². The molecule has 8 unspecified atom stereocenters. The smallest absolute Gasteiger partial charge is 0.394 e. The predicted molar refractivity (Wildman–Crippen MR) is 427 cm³/mol. The van der Waals surface area contributed by atoms with E-state index in [9.17, 15) is 60.6 Å². The Bertz CT molecular complexity index is 4480. The van der Waals surface area contributed by atoms with Gasteiger partial charge in [-0.05, 0) is 62.5 Å². The lowest BCUT2D eigenvalue weighted by Crippen LogP contribution is -2.60. The number of ether oxygens (including phenoxy) is 20. The highest BCUT2D eigenvalue weighted by molar-refractivity contribution is 7.81. The lowest BCUT2D eigenvalue weighted by molar-refractivity contribution is -0.347. The van der Waals surface area contributed by atoms with Crippen LogP contribution in [0.1, 0.15) is 89.5 Å². The van der Waals surface area contributed by atoms with Crippen molar-refractivity contribution < 1.29 is 151 Å². The maximum atomic E-state index is 12.5. The van der Waals surface area contributed by atoms with Crippen LogP contribution < -0.4 is 0 Å². The van der Waals surface area contributed by atoms with Gasteiger partial charge in [0.15, 0.2) is 50.3 Å². The van der Waals surface area contributed by atoms with Crippen molar-refractivity contribution in [2.75, 3.05) is 60.0 Å². The van der Waals surface area contributed by atoms with Gasteiger partial charge in [0.1, 0.15) is 42.7 Å². The number of rotatable bonds is 40. The number of benzene rings is 4. The van der Waals surface area contributed by atoms with Crippen molar-refractivity contribution in [1.82, 2.24) is 0 Å². The topological polar surface area (TPSA) is 542 Å². The fourth-order valence-electron chi connectivity index (χ4n) is 16.6. The Morgan fingerprint density at radius 2 is 0.637 bits per heavy atom. The maximum Gasteiger partial charge on any atom is 0.397 e. The van der Waals surface area contributed by atoms with Crippen molar-refractivity contribution in [3.05, 3.63) is 175 Å². The molecule has 0 saturated carbocycles. The zero-order chi connectivity index (χ0) is 88.2. The Balaban J connectivity index is 0.732. The molecular formula is C79H109N9O33S3. The Morgan fingerprint density at radius 3 is 0.935 bits per heavy atom. The van der Waals surface area contributed by atoms with E-state index >= 15 is 0 Å². The van der Waals surface area contributed by atoms with Crippen molar-refractivity contribution in [3.8, 4) is 0 Å². The molecule has 0 amide bonds. The summed E-state index contributed by atoms with van der Waals surface area (Å²) in [5.74, 6) is -3.24. The summed E-state index contributed by atoms with van der Waals surface area (Å²) in [5, 5.41) is 23.6. The van der Waals surface area contributed by atoms with Crippen LogP contribution >= 0.6 is 0 Å². The van der Waals surface area contributed by atoms with E-state index in [0.29, 0.717) is 6.61 Å². The molecule has 42 nitrogen and oxygen atoms in total. The number of nitrogens with zero attached hydrogens (tertiary/aromatic N) is 9. The van der Waals surface area contributed by atoms with Crippen LogP contribution in [-0.4, -0.2) is 264 Å². The monoisotopic (exact) mass is 1810 g/mol. The van der Waals surface area contributed by atoms with Crippen molar-refractivity contribution in [2.24, 2.45) is 50.9 Å². The zero-order valence-corrected chi connectivity index (χ0v) is 71.7. The van der Waals surface area contributed by atoms with Crippen LogP contribution in [0.2, 0.25) is 0 Å². The molecular weight excluding hydrogens is 1700 g/mol. The molecule has 8 aliphatic heterocycles. The van der Waals surface area contributed by atoms with Crippen molar-refractivity contribution in [3.63, 3.8) is 0 Å². The average Bonchev–Trinajstić information content (AvgIpc) is 0.778. The van der Waals surface area contributed by atoms with Crippen LogP contribution in [0.3, 0.4) is 0 Å². The van der Waals surface area contributed by atoms with Gasteiger partial charge in [-0.2, -0.15) is 25.3 Å². The van der Waals surface area contributed by atoms with Crippen molar-refractivity contribution in [2.45, 2.75) is 254 Å². The fraction of sp³-hybridized carbons (Fsp3) is 0.696. The van der Waals surface area contributed by atoms with E-state index in [2.05, 4.69) is 30.1 Å². The predicted octanol–water partition coefficient (Wildman–Crippen LogP) is 8.86. The van der Waals surface area contributed by atoms with Crippen LogP contribution in [0.5, 0.6) is 0 Å². The summed E-state index contributed by atoms with van der Waals surface area (Å²) < 4.78 is 247. The van der Waals surface area contributed by atoms with E-state index in [1.807, 2.05) is 142 Å². The third kappa shape index (κ3) is 27.1. The Kier molecular flexibility index (Phi) is 35.6. The molecule has 0 aliphatic carbocycles. The van der Waals surface area contributed by atoms with E-state index in [4.69, 9.17) is 107 Å². The Labute approximate surface area is 718 Å². The minimum absolute atomic E-state index is 0.00533. The molecule has 0 spiro atoms. The number of aliphatic hydroxyl groups is 1. The molecule has 0 radical (unpaired) electrons. The first-order valence-electron chi connectivity index (χ1n) is 40.9. The molecule has 32 atom stereocenters. The Hall–Kier alpha value is -6.42. The Morgan fingerprint density at radius 1 is 0.363 bits per heavy atom. The van der Waals surface area contributed by atoms with Crippen molar-refractivity contribution in [1.29, 1.82) is 0 Å². The molecule has 8 fully saturated rings. The number of hydrogen-bond acceptors (Lipinski definition) is 33. The van der Waals surface area contributed by atoms with Crippen LogP contribution in [-0.2, 0) is 165 Å². The fourth-order valence-corrected chi connectivity index (χ4v) is 17.5. The maximum absolute atomic E-state index is 12.5. The molecule has 0 bridgehead atoms. The van der Waals surface area contributed by atoms with Crippen LogP contribution in [0.15, 0.2) is 137 Å². The summed E-state index contributed by atoms with van der Waals surface area (Å²) in [5.41, 5.74) is 33.8. The summed E-state index contributed by atoms with van der Waals surface area (Å²) in [6, 6.07) is 33.5. The van der Waals surface area contributed by atoms with Gasteiger partial charge in [-0.3, -0.25) is 13.7 Å². The molecule has 4 aromatic rings. The summed E-state index contributed by atoms with van der Waals surface area (Å²) in [7, 11) is -13.7. The highest BCUT2D eigenvalue weighted by Crippen LogP contribution is 2.43. The first-order valence-corrected chi connectivity index (χ1v) is 45.0. The third-order valence-corrected chi connectivity index (χ3v) is 24.8. The summed E-state index contributed by atoms with van der Waals surface area (Å²) in [6.07, 6.45) is -25.1. The largest absolute Gasteiger partial charge is 0.397 e. The molecule has 0 aromatic heterocycles. The van der Waals surface area contributed by atoms with Gasteiger partial charge in [0.25, 0.3) is 0 Å². The van der Waals surface area contributed by atoms with Gasteiger partial charge in [-0.15, -0.1) is 0 Å². The van der Waals surface area contributed by atoms with Crippen LogP contribution in [0.4, 0.5) is 0 Å². The van der Waals surface area contributed by atoms with Gasteiger partial charge >= 0.3 is 31.2 Å². The van der Waals surface area contributed by atoms with E-state index < -0.39 is 229 Å². The average molecular weight is 1810 g/mol. The normalized spacial score (nSPS) is 36.9. The van der Waals surface area contributed by atoms with Gasteiger partial charge in [-0.1, -0.05) is 178 Å². The second-order valence-corrected chi connectivity index (χ2v) is 35.1. The number of aliphatic hydroxyl groups excluding tert-OH is 1. The number of hydrogen-bond donors (Lipinski definition) is 4. The van der Waals surface area contributed by atoms with Gasteiger partial charge in [0.2, 0.25) is 0 Å². The quantitative estimate of drug-likeness (QED) is 0.0140. The van der Waals surface area contributed by atoms with Gasteiger partial charge in [-0.25, -0.2) is 12.5 Å². The molecule has 45 heteroatoms. The van der Waals surface area contributed by atoms with E-state index in [-0.39, 0.29) is 95.8 Å². The van der Waals surface area contributed by atoms with Gasteiger partial charge in [0.05, 0.1) is 146 Å². The summed E-state index contributed by atoms with van der Waals surface area (Å²) in [4.78, 5) is 9.47. The lowest BCUT2D eigenvalue weighted by atomic mass is 9.84. The first kappa shape index (κ1) is 96.7. The van der Waals surface area contributed by atoms with E-state index in [1.165, 1.54) is 7.11 Å². The van der Waals surface area contributed by atoms with Crippen LogP contribution in [0, 0.1) is 35.5 Å². The molecule has 8 saturated heterocycles. The molecule has 8 heterocycles. The second kappa shape index (κ2) is 45.7. The second-order valence-electron chi connectivity index (χ2n) is 31.8. The minimum atomic E-state index is -5.19. The number of methoxy groups -OCH3 is 1. The highest BCUT2D eigenvalue weighted by atomic mass is 32.3. The molecule has 12 rings (SSSR count). The molecule has 4 N–H and O–H groups in total. The lowest BCUT2D eigenvalue weighted by Gasteiger charge is -2.49. The third-order valence-electron chi connectivity index (χ3n) is 23.4. The zero-order valence-electron chi connectivity index (χ0n) is 69.2. The van der Waals surface area contributed by atoms with E-state index in [1.54, 1.807) is 20.8 Å². The molecule has 686 valence electrons. The molecule has 124 heavy (non-hydrogen) atoms. The number of azide groups is 3. The standard InChI is InChI=1S/C79H109N9O33S3/c1-44-33-104-65(28-54(44)100-34-50-20-12-8-13-21-50)120-74-48(5)70(84-87-81)78(116-63(74)42-109-123(93,94)95)114-61-40-107-68(31-57(61)103-37-53-26-18-11-19-27-53)121-75-49(6)71(85-88-82)79(117-64(75)43-110-124(96,97)98)113-60-39-106-67(30-56(60)102-36-52-24-16-10-17-25-52)119-73-47(4)69(83-86-80)77(111-58(73)32-89)112-59-38-105-66(29-55(59)101-35-51-22-14-9-15-23-51)118-72-45(2)46(3)76(99-7)115-62(72)41-108-122(90,91)92/h8-27,44-49,54-79,89H,28-43H2,1-7H3,(H,90,91,92)(H,93,94,95)(H,96,97,98)/t44-,45-,46?,47-,48-,49-,54+,55+,56+,57+,58?,59-,60-,61-,62?,63?,64?,65+,66+,67+,68+,69?,70?,71?,72+,73+,74+,75+,76+,77-,78-,79-/m1/s1. The van der Waals surface area contributed by atoms with Gasteiger partial charge in [0, 0.05) is 59.4 Å². The SMILES string of the molecule is CO[C@H]1OC(COS(=O)(=O)O)[C@@H](O[C@H]2C[C@H](OCc3ccccc3)[C@H](O[C@H]3OC(CO)[C@@H](O[C@H]4C[C@H](OCc5ccccc5)[C@H](O[C@@H]5OC(COS(=O)(=O)O)[C@@H](O[C@H]6C[C@H](OCc7ccccc7)[C@H](O[C@@H]7OC(COS(=O)(=O)O)[C@@H](O[C@H]8C[C@H](OCc9ccccc9)[C@H](C)CO8)[C@H](C)C7N=[N+]=[N-])CO6)[C@H](C)C5N=[N+]=[N-])CO4)[C@H](C)C3N=[N+]=[N-])CO2)[C@H](C)C1C. The van der Waals surface area contributed by atoms with E-state index in [0.717, 1.165) is 22.3 Å². The van der Waals surface area contributed by atoms with Crippen LogP contribution in [0.25, 0.3) is 31.3 Å². The highest BCUT2D eigenvalue weighted by Gasteiger charge is 2.55. The summed E-state index contributed by atoms with van der Waals surface area (Å²) in [6.45, 7) is 7.63.